The Kier molecular flexibility index (Phi) is 3.73. The van der Waals surface area contributed by atoms with Crippen molar-refractivity contribution < 1.29 is 22.9 Å². The smallest absolute Gasteiger partial charge is 0.299 e. The molecular formula is C11H10F3NO3. The van der Waals surface area contributed by atoms with Crippen LogP contribution in [-0.4, -0.2) is 10.7 Å². The van der Waals surface area contributed by atoms with E-state index >= 15 is 0 Å². The lowest BCUT2D eigenvalue weighted by atomic mass is 9.94. The van der Waals surface area contributed by atoms with E-state index in [-0.39, 0.29) is 11.3 Å². The highest BCUT2D eigenvalue weighted by atomic mass is 19.4. The largest absolute Gasteiger partial charge is 0.416 e. The summed E-state index contributed by atoms with van der Waals surface area (Å²) in [6, 6.07) is 2.17. The number of benzene rings is 1. The molecule has 7 heteroatoms. The maximum Gasteiger partial charge on any atom is 0.416 e. The molecule has 1 atom stereocenters. The second-order valence-electron chi connectivity index (χ2n) is 3.86. The summed E-state index contributed by atoms with van der Waals surface area (Å²) in [5.41, 5.74) is -1.80. The third kappa shape index (κ3) is 2.85. The first-order valence-corrected chi connectivity index (χ1v) is 5.00. The molecule has 1 unspecified atom stereocenters. The van der Waals surface area contributed by atoms with Crippen LogP contribution in [0, 0.1) is 10.1 Å². The second kappa shape index (κ2) is 4.75. The molecule has 0 spiro atoms. The second-order valence-corrected chi connectivity index (χ2v) is 3.86. The quantitative estimate of drug-likeness (QED) is 0.619. The molecule has 0 amide bonds. The minimum Gasteiger partial charge on any atom is -0.299 e. The third-order valence-corrected chi connectivity index (χ3v) is 2.63. The molecule has 4 nitrogen and oxygen atoms in total. The SMILES string of the molecule is CC(=O)C(C)c1ccc(C(F)(F)F)cc1[N+](=O)[O-]. The van der Waals surface area contributed by atoms with Gasteiger partial charge >= 0.3 is 6.18 Å². The van der Waals surface area contributed by atoms with E-state index in [1.807, 2.05) is 0 Å². The molecule has 1 rings (SSSR count). The van der Waals surface area contributed by atoms with E-state index in [4.69, 9.17) is 0 Å². The van der Waals surface area contributed by atoms with Gasteiger partial charge in [-0.05, 0) is 13.0 Å². The molecule has 0 aliphatic heterocycles. The number of nitrogens with zero attached hydrogens (tertiary/aromatic N) is 1. The summed E-state index contributed by atoms with van der Waals surface area (Å²) in [5.74, 6) is -1.16. The number of nitro groups is 1. The van der Waals surface area contributed by atoms with E-state index in [0.29, 0.717) is 6.07 Å². The van der Waals surface area contributed by atoms with E-state index < -0.39 is 28.3 Å². The van der Waals surface area contributed by atoms with Crippen molar-refractivity contribution in [2.24, 2.45) is 0 Å². The molecule has 18 heavy (non-hydrogen) atoms. The molecule has 0 fully saturated rings. The van der Waals surface area contributed by atoms with Gasteiger partial charge in [0.2, 0.25) is 0 Å². The standard InChI is InChI=1S/C11H10F3NO3/c1-6(7(2)16)9-4-3-8(11(12,13)14)5-10(9)15(17)18/h3-6H,1-2H3. The van der Waals surface area contributed by atoms with Gasteiger partial charge in [-0.25, -0.2) is 0 Å². The third-order valence-electron chi connectivity index (χ3n) is 2.63. The van der Waals surface area contributed by atoms with Crippen molar-refractivity contribution in [2.75, 3.05) is 0 Å². The van der Waals surface area contributed by atoms with Gasteiger partial charge in [-0.15, -0.1) is 0 Å². The Balaban J connectivity index is 3.39. The molecule has 0 saturated carbocycles. The molecule has 0 heterocycles. The van der Waals surface area contributed by atoms with Crippen molar-refractivity contribution in [2.45, 2.75) is 25.9 Å². The van der Waals surface area contributed by atoms with Crippen LogP contribution in [0.2, 0.25) is 0 Å². The molecular weight excluding hydrogens is 251 g/mol. The summed E-state index contributed by atoms with van der Waals surface area (Å²) >= 11 is 0. The Morgan fingerprint density at radius 2 is 1.94 bits per heavy atom. The molecule has 0 N–H and O–H groups in total. The summed E-state index contributed by atoms with van der Waals surface area (Å²) in [5, 5.41) is 10.8. The molecule has 0 bridgehead atoms. The number of ketones is 1. The molecule has 0 radical (unpaired) electrons. The molecule has 0 saturated heterocycles. The van der Waals surface area contributed by atoms with E-state index in [9.17, 15) is 28.1 Å². The molecule has 98 valence electrons. The molecule has 1 aromatic rings. The van der Waals surface area contributed by atoms with Gasteiger partial charge in [0.1, 0.15) is 5.78 Å². The summed E-state index contributed by atoms with van der Waals surface area (Å²) in [6.07, 6.45) is -4.65. The Labute approximate surface area is 101 Å². The molecule has 0 aromatic heterocycles. The number of halogens is 3. The summed E-state index contributed by atoms with van der Waals surface area (Å²) in [7, 11) is 0. The number of Topliss-reactive ketones (excluding diaryl/α,β-unsaturated/α-hetero) is 1. The van der Waals surface area contributed by atoms with Crippen LogP contribution in [0.3, 0.4) is 0 Å². The van der Waals surface area contributed by atoms with E-state index in [1.54, 1.807) is 0 Å². The van der Waals surface area contributed by atoms with Crippen LogP contribution in [0.5, 0.6) is 0 Å². The fourth-order valence-corrected chi connectivity index (χ4v) is 1.46. The number of hydrogen-bond donors (Lipinski definition) is 0. The number of rotatable bonds is 3. The Morgan fingerprint density at radius 1 is 1.39 bits per heavy atom. The first-order chi connectivity index (χ1) is 8.14. The fraction of sp³-hybridized carbons (Fsp3) is 0.364. The minimum absolute atomic E-state index is 0.0134. The van der Waals surface area contributed by atoms with E-state index in [2.05, 4.69) is 0 Å². The van der Waals surface area contributed by atoms with E-state index in [1.165, 1.54) is 13.8 Å². The number of alkyl halides is 3. The van der Waals surface area contributed by atoms with Crippen molar-refractivity contribution in [1.29, 1.82) is 0 Å². The van der Waals surface area contributed by atoms with Gasteiger partial charge in [-0.1, -0.05) is 13.0 Å². The average Bonchev–Trinajstić information content (AvgIpc) is 2.25. The normalized spacial score (nSPS) is 13.2. The van der Waals surface area contributed by atoms with Crippen molar-refractivity contribution >= 4 is 11.5 Å². The van der Waals surface area contributed by atoms with Crippen LogP contribution in [0.4, 0.5) is 18.9 Å². The fourth-order valence-electron chi connectivity index (χ4n) is 1.46. The molecule has 0 aliphatic carbocycles. The predicted molar refractivity (Wildman–Crippen MR) is 57.2 cm³/mol. The van der Waals surface area contributed by atoms with Crippen LogP contribution in [0.15, 0.2) is 18.2 Å². The Hall–Kier alpha value is -1.92. The number of carbonyl (C=O) groups excluding carboxylic acids is 1. The number of nitro benzene ring substituents is 1. The van der Waals surface area contributed by atoms with E-state index in [0.717, 1.165) is 12.1 Å². The van der Waals surface area contributed by atoms with Crippen LogP contribution in [-0.2, 0) is 11.0 Å². The topological polar surface area (TPSA) is 60.2 Å². The van der Waals surface area contributed by atoms with Gasteiger partial charge in [0.05, 0.1) is 10.5 Å². The minimum atomic E-state index is -4.65. The average molecular weight is 261 g/mol. The summed E-state index contributed by atoms with van der Waals surface area (Å²) < 4.78 is 37.3. The maximum absolute atomic E-state index is 12.4. The highest BCUT2D eigenvalue weighted by molar-refractivity contribution is 5.84. The highest BCUT2D eigenvalue weighted by Crippen LogP contribution is 2.35. The zero-order chi connectivity index (χ0) is 14.1. The zero-order valence-electron chi connectivity index (χ0n) is 9.62. The first kappa shape index (κ1) is 14.1. The molecule has 1 aromatic carbocycles. The highest BCUT2D eigenvalue weighted by Gasteiger charge is 2.34. The lowest BCUT2D eigenvalue weighted by Gasteiger charge is -2.11. The van der Waals surface area contributed by atoms with Crippen LogP contribution < -0.4 is 0 Å². The lowest BCUT2D eigenvalue weighted by Crippen LogP contribution is -2.10. The van der Waals surface area contributed by atoms with Crippen LogP contribution >= 0.6 is 0 Å². The zero-order valence-corrected chi connectivity index (χ0v) is 9.62. The van der Waals surface area contributed by atoms with Crippen molar-refractivity contribution in [1.82, 2.24) is 0 Å². The number of carbonyl (C=O) groups is 1. The van der Waals surface area contributed by atoms with Gasteiger partial charge in [0.15, 0.2) is 0 Å². The van der Waals surface area contributed by atoms with Crippen molar-refractivity contribution in [3.05, 3.63) is 39.4 Å². The lowest BCUT2D eigenvalue weighted by molar-refractivity contribution is -0.385. The van der Waals surface area contributed by atoms with Crippen molar-refractivity contribution in [3.63, 3.8) is 0 Å². The van der Waals surface area contributed by atoms with Crippen LogP contribution in [0.1, 0.15) is 30.9 Å². The monoisotopic (exact) mass is 261 g/mol. The van der Waals surface area contributed by atoms with Crippen LogP contribution in [0.25, 0.3) is 0 Å². The van der Waals surface area contributed by atoms with Gasteiger partial charge in [0.25, 0.3) is 5.69 Å². The van der Waals surface area contributed by atoms with Gasteiger partial charge < -0.3 is 0 Å². The summed E-state index contributed by atoms with van der Waals surface area (Å²) in [6.45, 7) is 2.64. The van der Waals surface area contributed by atoms with Crippen molar-refractivity contribution in [3.8, 4) is 0 Å². The van der Waals surface area contributed by atoms with Gasteiger partial charge in [0, 0.05) is 17.5 Å². The summed E-state index contributed by atoms with van der Waals surface area (Å²) in [4.78, 5) is 21.0. The Bertz CT molecular complexity index is 497. The van der Waals surface area contributed by atoms with Gasteiger partial charge in [-0.3, -0.25) is 14.9 Å². The molecule has 0 aliphatic rings. The Morgan fingerprint density at radius 3 is 2.33 bits per heavy atom. The predicted octanol–water partition coefficient (Wildman–Crippen LogP) is 3.31. The first-order valence-electron chi connectivity index (χ1n) is 5.00. The number of hydrogen-bond acceptors (Lipinski definition) is 3. The maximum atomic E-state index is 12.4. The van der Waals surface area contributed by atoms with Gasteiger partial charge in [-0.2, -0.15) is 13.2 Å².